The molecule has 0 spiro atoms. The average Bonchev–Trinajstić information content (AvgIpc) is 3.02. The third kappa shape index (κ3) is 4.30. The Kier molecular flexibility index (Phi) is 5.80. The molecule has 1 unspecified atom stereocenters. The summed E-state index contributed by atoms with van der Waals surface area (Å²) in [4.78, 5) is 28.2. The van der Waals surface area contributed by atoms with E-state index in [4.69, 9.17) is 11.6 Å². The highest BCUT2D eigenvalue weighted by atomic mass is 35.5. The fourth-order valence-corrected chi connectivity index (χ4v) is 3.66. The second kappa shape index (κ2) is 8.09. The Morgan fingerprint density at radius 1 is 1.26 bits per heavy atom. The summed E-state index contributed by atoms with van der Waals surface area (Å²) in [5.74, 6) is -0.268. The maximum atomic E-state index is 13.4. The molecule has 142 valence electrons. The molecule has 0 N–H and O–H groups in total. The average molecular weight is 389 g/mol. The standard InChI is InChI=1S/C21H22ClFN2O2/c1-3-25-13-14(9-20(25)26)12-24(2)21(27)17-6-4-5-15(10-17)16-7-8-19(23)18(22)11-16/h4-8,10-11,14H,3,9,12-13H2,1-2H3. The second-order valence-electron chi connectivity index (χ2n) is 6.90. The van der Waals surface area contributed by atoms with Crippen LogP contribution in [0, 0.1) is 11.7 Å². The third-order valence-electron chi connectivity index (χ3n) is 4.92. The van der Waals surface area contributed by atoms with Crippen molar-refractivity contribution in [1.82, 2.24) is 9.80 Å². The lowest BCUT2D eigenvalue weighted by Crippen LogP contribution is -2.33. The molecular formula is C21H22ClFN2O2. The van der Waals surface area contributed by atoms with Crippen molar-refractivity contribution in [3.63, 3.8) is 0 Å². The van der Waals surface area contributed by atoms with Crippen LogP contribution in [0.3, 0.4) is 0 Å². The maximum Gasteiger partial charge on any atom is 0.253 e. The molecule has 27 heavy (non-hydrogen) atoms. The highest BCUT2D eigenvalue weighted by Crippen LogP contribution is 2.26. The van der Waals surface area contributed by atoms with Gasteiger partial charge < -0.3 is 9.80 Å². The highest BCUT2D eigenvalue weighted by Gasteiger charge is 2.30. The molecule has 1 aliphatic heterocycles. The molecule has 1 fully saturated rings. The minimum absolute atomic E-state index is 0.0488. The largest absolute Gasteiger partial charge is 0.343 e. The minimum atomic E-state index is -0.473. The number of likely N-dealkylation sites (tertiary alicyclic amines) is 1. The fourth-order valence-electron chi connectivity index (χ4n) is 3.48. The Bertz CT molecular complexity index is 871. The smallest absolute Gasteiger partial charge is 0.253 e. The predicted molar refractivity (Wildman–Crippen MR) is 104 cm³/mol. The summed E-state index contributed by atoms with van der Waals surface area (Å²) in [7, 11) is 1.75. The zero-order valence-electron chi connectivity index (χ0n) is 15.4. The normalized spacial score (nSPS) is 16.7. The van der Waals surface area contributed by atoms with Crippen molar-refractivity contribution in [2.24, 2.45) is 5.92 Å². The Labute approximate surface area is 163 Å². The number of halogens is 2. The van der Waals surface area contributed by atoms with E-state index >= 15 is 0 Å². The molecule has 0 radical (unpaired) electrons. The van der Waals surface area contributed by atoms with Gasteiger partial charge in [0.25, 0.3) is 5.91 Å². The van der Waals surface area contributed by atoms with Crippen LogP contribution in [-0.2, 0) is 4.79 Å². The molecule has 2 aromatic carbocycles. The molecule has 6 heteroatoms. The SMILES string of the molecule is CCN1CC(CN(C)C(=O)c2cccc(-c3ccc(F)c(Cl)c3)c2)CC1=O. The zero-order valence-corrected chi connectivity index (χ0v) is 16.2. The first-order valence-corrected chi connectivity index (χ1v) is 9.35. The van der Waals surface area contributed by atoms with Crippen molar-refractivity contribution in [2.45, 2.75) is 13.3 Å². The summed E-state index contributed by atoms with van der Waals surface area (Å²) >= 11 is 5.87. The Balaban J connectivity index is 1.73. The topological polar surface area (TPSA) is 40.6 Å². The molecule has 0 aromatic heterocycles. The van der Waals surface area contributed by atoms with E-state index in [0.29, 0.717) is 31.6 Å². The van der Waals surface area contributed by atoms with Crippen LogP contribution in [0.5, 0.6) is 0 Å². The summed E-state index contributed by atoms with van der Waals surface area (Å²) in [5.41, 5.74) is 2.09. The third-order valence-corrected chi connectivity index (χ3v) is 5.21. The van der Waals surface area contributed by atoms with Crippen LogP contribution in [-0.4, -0.2) is 48.3 Å². The quantitative estimate of drug-likeness (QED) is 0.774. The van der Waals surface area contributed by atoms with Crippen molar-refractivity contribution in [3.8, 4) is 11.1 Å². The summed E-state index contributed by atoms with van der Waals surface area (Å²) in [6.45, 7) is 3.90. The number of amides is 2. The molecule has 2 aromatic rings. The number of rotatable bonds is 5. The van der Waals surface area contributed by atoms with E-state index in [0.717, 1.165) is 11.1 Å². The van der Waals surface area contributed by atoms with Crippen LogP contribution in [0.1, 0.15) is 23.7 Å². The van der Waals surface area contributed by atoms with Gasteiger partial charge in [0.1, 0.15) is 5.82 Å². The van der Waals surface area contributed by atoms with Crippen LogP contribution < -0.4 is 0 Å². The summed E-state index contributed by atoms with van der Waals surface area (Å²) in [5, 5.41) is 0.0488. The number of nitrogens with zero attached hydrogens (tertiary/aromatic N) is 2. The molecule has 1 atom stereocenters. The van der Waals surface area contributed by atoms with E-state index in [9.17, 15) is 14.0 Å². The van der Waals surface area contributed by atoms with E-state index < -0.39 is 5.82 Å². The van der Waals surface area contributed by atoms with Crippen molar-refractivity contribution >= 4 is 23.4 Å². The molecule has 1 aliphatic rings. The van der Waals surface area contributed by atoms with Gasteiger partial charge in [-0.3, -0.25) is 9.59 Å². The van der Waals surface area contributed by atoms with Gasteiger partial charge in [-0.15, -0.1) is 0 Å². The first kappa shape index (κ1) is 19.4. The van der Waals surface area contributed by atoms with Gasteiger partial charge >= 0.3 is 0 Å². The summed E-state index contributed by atoms with van der Waals surface area (Å²) in [6, 6.07) is 11.7. The Hall–Kier alpha value is -2.40. The van der Waals surface area contributed by atoms with Gasteiger partial charge in [-0.25, -0.2) is 4.39 Å². The number of carbonyl (C=O) groups is 2. The van der Waals surface area contributed by atoms with E-state index in [2.05, 4.69) is 0 Å². The Morgan fingerprint density at radius 3 is 2.67 bits per heavy atom. The van der Waals surface area contributed by atoms with Crippen LogP contribution in [0.2, 0.25) is 5.02 Å². The van der Waals surface area contributed by atoms with E-state index in [1.54, 1.807) is 42.3 Å². The van der Waals surface area contributed by atoms with Gasteiger partial charge in [-0.2, -0.15) is 0 Å². The van der Waals surface area contributed by atoms with Crippen LogP contribution in [0.4, 0.5) is 4.39 Å². The van der Waals surface area contributed by atoms with Crippen molar-refractivity contribution in [2.75, 3.05) is 26.7 Å². The summed E-state index contributed by atoms with van der Waals surface area (Å²) in [6.07, 6.45) is 0.486. The molecular weight excluding hydrogens is 367 g/mol. The van der Waals surface area contributed by atoms with Gasteiger partial charge in [-0.05, 0) is 42.3 Å². The molecule has 4 nitrogen and oxygen atoms in total. The first-order chi connectivity index (χ1) is 12.9. The minimum Gasteiger partial charge on any atom is -0.343 e. The molecule has 0 aliphatic carbocycles. The lowest BCUT2D eigenvalue weighted by atomic mass is 10.0. The molecule has 0 saturated carbocycles. The number of hydrogen-bond donors (Lipinski definition) is 0. The molecule has 0 bridgehead atoms. The van der Waals surface area contributed by atoms with E-state index in [1.807, 2.05) is 17.9 Å². The predicted octanol–water partition coefficient (Wildman–Crippen LogP) is 4.09. The van der Waals surface area contributed by atoms with E-state index in [-0.39, 0.29) is 22.8 Å². The second-order valence-corrected chi connectivity index (χ2v) is 7.31. The van der Waals surface area contributed by atoms with Crippen LogP contribution in [0.15, 0.2) is 42.5 Å². The van der Waals surface area contributed by atoms with Crippen molar-refractivity contribution in [1.29, 1.82) is 0 Å². The molecule has 3 rings (SSSR count). The number of carbonyl (C=O) groups excluding carboxylic acids is 2. The molecule has 1 saturated heterocycles. The Morgan fingerprint density at radius 2 is 2.00 bits per heavy atom. The maximum absolute atomic E-state index is 13.4. The van der Waals surface area contributed by atoms with Gasteiger partial charge in [0.2, 0.25) is 5.91 Å². The van der Waals surface area contributed by atoms with Gasteiger partial charge in [0.05, 0.1) is 5.02 Å². The van der Waals surface area contributed by atoms with Crippen LogP contribution >= 0.6 is 11.6 Å². The van der Waals surface area contributed by atoms with E-state index in [1.165, 1.54) is 6.07 Å². The van der Waals surface area contributed by atoms with Crippen molar-refractivity contribution < 1.29 is 14.0 Å². The highest BCUT2D eigenvalue weighted by molar-refractivity contribution is 6.31. The monoisotopic (exact) mass is 388 g/mol. The lowest BCUT2D eigenvalue weighted by molar-refractivity contribution is -0.127. The van der Waals surface area contributed by atoms with Gasteiger partial charge in [0.15, 0.2) is 0 Å². The van der Waals surface area contributed by atoms with Gasteiger partial charge in [-0.1, -0.05) is 29.8 Å². The number of benzene rings is 2. The number of hydrogen-bond acceptors (Lipinski definition) is 2. The van der Waals surface area contributed by atoms with Crippen LogP contribution in [0.25, 0.3) is 11.1 Å². The summed E-state index contributed by atoms with van der Waals surface area (Å²) < 4.78 is 13.4. The van der Waals surface area contributed by atoms with Crippen molar-refractivity contribution in [3.05, 3.63) is 58.9 Å². The first-order valence-electron chi connectivity index (χ1n) is 8.97. The zero-order chi connectivity index (χ0) is 19.6. The molecule has 2 amide bonds. The lowest BCUT2D eigenvalue weighted by Gasteiger charge is -2.21. The fraction of sp³-hybridized carbons (Fsp3) is 0.333. The molecule has 1 heterocycles. The van der Waals surface area contributed by atoms with Gasteiger partial charge in [0, 0.05) is 44.6 Å².